The summed E-state index contributed by atoms with van der Waals surface area (Å²) in [4.78, 5) is 9.79. The van der Waals surface area contributed by atoms with Gasteiger partial charge in [0.25, 0.3) is 0 Å². The third-order valence-corrected chi connectivity index (χ3v) is 5.47. The molecule has 0 saturated carbocycles. The van der Waals surface area contributed by atoms with E-state index in [1.807, 2.05) is 30.5 Å². The van der Waals surface area contributed by atoms with Crippen LogP contribution in [0.4, 0.5) is 4.39 Å². The number of rotatable bonds is 4. The minimum Gasteiger partial charge on any atom is -0.277 e. The Labute approximate surface area is 153 Å². The van der Waals surface area contributed by atoms with Crippen molar-refractivity contribution in [3.05, 3.63) is 77.2 Å². The van der Waals surface area contributed by atoms with Crippen molar-refractivity contribution in [1.82, 2.24) is 4.98 Å². The van der Waals surface area contributed by atoms with Gasteiger partial charge in [0.05, 0.1) is 16.8 Å². The molecule has 0 bridgehead atoms. The summed E-state index contributed by atoms with van der Waals surface area (Å²) in [5.74, 6) is -0.127. The number of nitrogens with zero attached hydrogens (tertiary/aromatic N) is 2. The van der Waals surface area contributed by atoms with Crippen LogP contribution in [0.5, 0.6) is 0 Å². The highest BCUT2D eigenvalue weighted by atomic mass is 19.1. The Balaban J connectivity index is 1.94. The van der Waals surface area contributed by atoms with E-state index in [4.69, 9.17) is 4.99 Å². The molecule has 2 heterocycles. The maximum Gasteiger partial charge on any atom is 0.127 e. The van der Waals surface area contributed by atoms with E-state index >= 15 is 0 Å². The van der Waals surface area contributed by atoms with Gasteiger partial charge in [-0.3, -0.25) is 9.98 Å². The fourth-order valence-electron chi connectivity index (χ4n) is 4.04. The topological polar surface area (TPSA) is 25.2 Å². The highest BCUT2D eigenvalue weighted by Gasteiger charge is 2.35. The number of hydrogen-bond donors (Lipinski definition) is 0. The summed E-state index contributed by atoms with van der Waals surface area (Å²) in [6.07, 6.45) is 5.43. The number of aliphatic imine (C=N–C) groups is 1. The first-order valence-electron chi connectivity index (χ1n) is 9.38. The lowest BCUT2D eigenvalue weighted by molar-refractivity contribution is 0.366. The van der Waals surface area contributed by atoms with Gasteiger partial charge in [-0.2, -0.15) is 0 Å². The highest BCUT2D eigenvalue weighted by molar-refractivity contribution is 6.15. The first kappa shape index (κ1) is 16.9. The molecule has 0 N–H and O–H groups in total. The molecule has 1 atom stereocenters. The van der Waals surface area contributed by atoms with Crippen molar-refractivity contribution in [3.63, 3.8) is 0 Å². The smallest absolute Gasteiger partial charge is 0.127 e. The van der Waals surface area contributed by atoms with Crippen LogP contribution in [0, 0.1) is 5.82 Å². The molecule has 3 heteroatoms. The second-order valence-corrected chi connectivity index (χ2v) is 7.15. The summed E-state index contributed by atoms with van der Waals surface area (Å²) in [6.45, 7) is 4.32. The molecule has 0 radical (unpaired) electrons. The Hall–Kier alpha value is -2.55. The number of pyridine rings is 1. The van der Waals surface area contributed by atoms with Gasteiger partial charge in [-0.05, 0) is 36.6 Å². The van der Waals surface area contributed by atoms with Gasteiger partial charge in [-0.1, -0.05) is 50.6 Å². The minimum absolute atomic E-state index is 0.127. The lowest BCUT2D eigenvalue weighted by Gasteiger charge is -2.35. The van der Waals surface area contributed by atoms with E-state index in [0.29, 0.717) is 6.42 Å². The Morgan fingerprint density at radius 3 is 2.73 bits per heavy atom. The zero-order valence-electron chi connectivity index (χ0n) is 15.3. The second kappa shape index (κ2) is 6.64. The second-order valence-electron chi connectivity index (χ2n) is 7.15. The van der Waals surface area contributed by atoms with Crippen LogP contribution in [0.3, 0.4) is 0 Å². The van der Waals surface area contributed by atoms with Gasteiger partial charge < -0.3 is 0 Å². The van der Waals surface area contributed by atoms with Crippen molar-refractivity contribution >= 4 is 16.6 Å². The summed E-state index contributed by atoms with van der Waals surface area (Å²) >= 11 is 0. The first-order valence-corrected chi connectivity index (χ1v) is 9.38. The number of para-hydroxylation sites is 1. The van der Waals surface area contributed by atoms with Crippen LogP contribution in [0.25, 0.3) is 10.9 Å². The van der Waals surface area contributed by atoms with Crippen molar-refractivity contribution < 1.29 is 4.39 Å². The largest absolute Gasteiger partial charge is 0.277 e. The number of hydrogen-bond acceptors (Lipinski definition) is 2. The predicted octanol–water partition coefficient (Wildman–Crippen LogP) is 5.72. The van der Waals surface area contributed by atoms with E-state index in [0.717, 1.165) is 52.6 Å². The van der Waals surface area contributed by atoms with E-state index in [9.17, 15) is 4.39 Å². The molecule has 1 aliphatic heterocycles. The van der Waals surface area contributed by atoms with Crippen LogP contribution in [0.2, 0.25) is 0 Å². The van der Waals surface area contributed by atoms with Crippen molar-refractivity contribution in [2.45, 2.75) is 45.1 Å². The van der Waals surface area contributed by atoms with Crippen molar-refractivity contribution in [1.29, 1.82) is 0 Å². The highest BCUT2D eigenvalue weighted by Crippen LogP contribution is 2.36. The van der Waals surface area contributed by atoms with Crippen molar-refractivity contribution in [3.8, 4) is 0 Å². The maximum absolute atomic E-state index is 14.7. The number of halogens is 1. The number of fused-ring (bicyclic) bond motifs is 2. The molecule has 132 valence electrons. The SMILES string of the molecule is CCCC1(CC)Cc2c(F)cccc2C(c2cnc3ccccc3c2)=N1. The fraction of sp³-hybridized carbons (Fsp3) is 0.304. The fourth-order valence-corrected chi connectivity index (χ4v) is 4.04. The van der Waals surface area contributed by atoms with Crippen LogP contribution < -0.4 is 0 Å². The molecule has 0 saturated heterocycles. The zero-order chi connectivity index (χ0) is 18.1. The summed E-state index contributed by atoms with van der Waals surface area (Å²) in [5.41, 5.74) is 4.26. The summed E-state index contributed by atoms with van der Waals surface area (Å²) in [5, 5.41) is 1.08. The number of benzene rings is 2. The van der Waals surface area contributed by atoms with Crippen LogP contribution in [0.15, 0.2) is 59.7 Å². The van der Waals surface area contributed by atoms with Crippen LogP contribution in [-0.4, -0.2) is 16.2 Å². The third kappa shape index (κ3) is 2.82. The van der Waals surface area contributed by atoms with E-state index in [1.165, 1.54) is 0 Å². The standard InChI is InChI=1S/C23H23FN2/c1-3-12-23(4-2)14-19-18(9-7-10-20(19)24)22(26-23)17-13-16-8-5-6-11-21(16)25-15-17/h5-11,13,15H,3-4,12,14H2,1-2H3. The van der Waals surface area contributed by atoms with Crippen molar-refractivity contribution in [2.75, 3.05) is 0 Å². The molecule has 4 rings (SSSR count). The molecule has 1 aliphatic rings. The molecule has 0 fully saturated rings. The van der Waals surface area contributed by atoms with Gasteiger partial charge in [-0.15, -0.1) is 0 Å². The molecular formula is C23H23FN2. The zero-order valence-corrected chi connectivity index (χ0v) is 15.3. The van der Waals surface area contributed by atoms with Crippen molar-refractivity contribution in [2.24, 2.45) is 4.99 Å². The van der Waals surface area contributed by atoms with Gasteiger partial charge in [-0.25, -0.2) is 4.39 Å². The Bertz CT molecular complexity index is 992. The molecule has 0 aliphatic carbocycles. The lowest BCUT2D eigenvalue weighted by Crippen LogP contribution is -2.35. The van der Waals surface area contributed by atoms with Gasteiger partial charge in [0.1, 0.15) is 5.82 Å². The molecule has 26 heavy (non-hydrogen) atoms. The van der Waals surface area contributed by atoms with E-state index in [2.05, 4.69) is 31.0 Å². The van der Waals surface area contributed by atoms with E-state index in [1.54, 1.807) is 12.1 Å². The molecule has 0 amide bonds. The summed E-state index contributed by atoms with van der Waals surface area (Å²) in [7, 11) is 0. The third-order valence-electron chi connectivity index (χ3n) is 5.47. The van der Waals surface area contributed by atoms with E-state index in [-0.39, 0.29) is 11.4 Å². The van der Waals surface area contributed by atoms with Gasteiger partial charge >= 0.3 is 0 Å². The number of aromatic nitrogens is 1. The molecular weight excluding hydrogens is 323 g/mol. The molecule has 1 aromatic heterocycles. The summed E-state index contributed by atoms with van der Waals surface area (Å²) < 4.78 is 14.7. The van der Waals surface area contributed by atoms with Crippen LogP contribution in [-0.2, 0) is 6.42 Å². The molecule has 2 nitrogen and oxygen atoms in total. The van der Waals surface area contributed by atoms with Gasteiger partial charge in [0.15, 0.2) is 0 Å². The first-order chi connectivity index (χ1) is 12.7. The average molecular weight is 346 g/mol. The Morgan fingerprint density at radius 2 is 1.92 bits per heavy atom. The van der Waals surface area contributed by atoms with Gasteiger partial charge in [0.2, 0.25) is 0 Å². The monoisotopic (exact) mass is 346 g/mol. The quantitative estimate of drug-likeness (QED) is 0.593. The van der Waals surface area contributed by atoms with Crippen LogP contribution in [0.1, 0.15) is 49.8 Å². The predicted molar refractivity (Wildman–Crippen MR) is 105 cm³/mol. The Kier molecular flexibility index (Phi) is 4.31. The minimum atomic E-state index is -0.231. The van der Waals surface area contributed by atoms with E-state index < -0.39 is 0 Å². The molecule has 1 unspecified atom stereocenters. The normalized spacial score (nSPS) is 19.3. The maximum atomic E-state index is 14.7. The average Bonchev–Trinajstić information content (AvgIpc) is 2.68. The van der Waals surface area contributed by atoms with Crippen LogP contribution >= 0.6 is 0 Å². The Morgan fingerprint density at radius 1 is 1.08 bits per heavy atom. The van der Waals surface area contributed by atoms with Gasteiger partial charge in [0, 0.05) is 29.1 Å². The molecule has 3 aromatic rings. The molecule has 2 aromatic carbocycles. The lowest BCUT2D eigenvalue weighted by atomic mass is 9.78. The summed E-state index contributed by atoms with van der Waals surface area (Å²) in [6, 6.07) is 15.5. The molecule has 0 spiro atoms.